The predicted octanol–water partition coefficient (Wildman–Crippen LogP) is 10.5. The Morgan fingerprint density at radius 1 is 0.485 bits per heavy atom. The van der Waals surface area contributed by atoms with Crippen LogP contribution in [0.1, 0.15) is 164 Å². The number of halogens is 1. The fraction of sp³-hybridized carbons (Fsp3) is 0.519. The Balaban J connectivity index is 0.000000132. The Morgan fingerprint density at radius 2 is 0.853 bits per heavy atom. The van der Waals surface area contributed by atoms with Crippen molar-refractivity contribution in [3.05, 3.63) is 135 Å². The molecule has 0 saturated carbocycles. The Bertz CT molecular complexity index is 2460. The second-order valence-corrected chi connectivity index (χ2v) is 23.6. The number of hydrogen-bond acceptors (Lipinski definition) is 8. The molecule has 5 saturated heterocycles. The number of nitrogens with zero attached hydrogens (tertiary/aromatic N) is 2. The highest BCUT2D eigenvalue weighted by Crippen LogP contribution is 2.47. The lowest BCUT2D eigenvalue weighted by Gasteiger charge is -2.37. The minimum Gasteiger partial charge on any atom is -0.405 e. The highest BCUT2D eigenvalue weighted by Gasteiger charge is 2.64. The molecule has 68 heavy (non-hydrogen) atoms. The van der Waals surface area contributed by atoms with E-state index in [1.54, 1.807) is 0 Å². The number of carbonyl (C=O) groups is 2. The molecule has 5 fully saturated rings. The SMILES string of the molecule is CC1(C)OB(B2OC(C)(C)C(C)(C)O2)OC1(C)C.CC1(C)OB(c2ccc3c(c2)C2CCC(C3)N2C(=O)c2ccccc2)OC1(C)C.O=C(c1ccccc1)N1C2CCC1c1cc(Br)ccc1C2. The minimum atomic E-state index is -0.476. The molecule has 14 heteroatoms. The van der Waals surface area contributed by atoms with Gasteiger partial charge in [-0.15, -0.1) is 0 Å². The van der Waals surface area contributed by atoms with E-state index >= 15 is 0 Å². The van der Waals surface area contributed by atoms with E-state index in [0.717, 1.165) is 59.6 Å². The second-order valence-electron chi connectivity index (χ2n) is 22.7. The third kappa shape index (κ3) is 8.98. The standard InChI is InChI=1S/C24H28BNO3.C18H16BrNO.C12H24B2O4/c1-23(2)24(3,4)29-25(28-23)18-11-10-17-14-19-12-13-21(20(17)15-18)26(19)22(27)16-8-6-5-7-9-16;19-14-7-6-13-10-15-8-9-17(16(13)11-14)20(15)18(21)12-4-2-1-3-5-12;1-9(2)10(3,4)16-13(15-9)14-17-11(5,6)12(7,8)18-14/h5-11,15,19,21H,12-14H2,1-4H3;1-7,11,15,17H,8-10H2;1-8H3. The van der Waals surface area contributed by atoms with Gasteiger partial charge in [-0.1, -0.05) is 76.6 Å². The summed E-state index contributed by atoms with van der Waals surface area (Å²) in [7, 11) is -1.32. The van der Waals surface area contributed by atoms with Gasteiger partial charge in [0, 0.05) is 27.7 Å². The molecule has 7 heterocycles. The van der Waals surface area contributed by atoms with Crippen LogP contribution in [0.4, 0.5) is 0 Å². The Labute approximate surface area is 414 Å². The van der Waals surface area contributed by atoms with Gasteiger partial charge < -0.3 is 37.7 Å². The van der Waals surface area contributed by atoms with Crippen LogP contribution in [0.5, 0.6) is 0 Å². The van der Waals surface area contributed by atoms with Crippen LogP contribution in [0.15, 0.2) is 102 Å². The molecule has 358 valence electrons. The van der Waals surface area contributed by atoms with Gasteiger partial charge in [-0.25, -0.2) is 0 Å². The summed E-state index contributed by atoms with van der Waals surface area (Å²) in [5.74, 6) is 0.318. The van der Waals surface area contributed by atoms with Crippen LogP contribution in [0.25, 0.3) is 0 Å². The number of hydrogen-bond donors (Lipinski definition) is 0. The molecule has 4 aromatic rings. The van der Waals surface area contributed by atoms with Crippen molar-refractivity contribution in [2.45, 2.75) is 179 Å². The van der Waals surface area contributed by atoms with Crippen LogP contribution in [0, 0.1) is 0 Å². The molecule has 0 aliphatic carbocycles. The molecule has 0 radical (unpaired) electrons. The average molecular weight is 985 g/mol. The Hall–Kier alpha value is -3.75. The largest absolute Gasteiger partial charge is 0.494 e. The fourth-order valence-electron chi connectivity index (χ4n) is 10.7. The maximum absolute atomic E-state index is 13.3. The van der Waals surface area contributed by atoms with E-state index in [9.17, 15) is 9.59 Å². The van der Waals surface area contributed by atoms with Crippen LogP contribution in [0.3, 0.4) is 0 Å². The zero-order valence-electron chi connectivity index (χ0n) is 42.1. The van der Waals surface area contributed by atoms with Gasteiger partial charge in [-0.05, 0) is 186 Å². The Morgan fingerprint density at radius 3 is 1.26 bits per heavy atom. The van der Waals surface area contributed by atoms with Crippen molar-refractivity contribution in [1.29, 1.82) is 0 Å². The van der Waals surface area contributed by atoms with Crippen molar-refractivity contribution in [2.75, 3.05) is 0 Å². The predicted molar refractivity (Wildman–Crippen MR) is 273 cm³/mol. The van der Waals surface area contributed by atoms with Crippen molar-refractivity contribution in [1.82, 2.24) is 9.80 Å². The molecular formula is C54H68B3BrN2O8. The first kappa shape index (κ1) is 49.2. The summed E-state index contributed by atoms with van der Waals surface area (Å²) in [6.07, 6.45) is 6.17. The zero-order valence-corrected chi connectivity index (χ0v) is 43.6. The normalized spacial score (nSPS) is 26.9. The summed E-state index contributed by atoms with van der Waals surface area (Å²) < 4.78 is 37.5. The van der Waals surface area contributed by atoms with Crippen LogP contribution in [-0.2, 0) is 40.8 Å². The van der Waals surface area contributed by atoms with Gasteiger partial charge >= 0.3 is 21.1 Å². The topological polar surface area (TPSA) is 96.0 Å². The highest BCUT2D eigenvalue weighted by atomic mass is 79.9. The molecule has 4 unspecified atom stereocenters. The third-order valence-corrected chi connectivity index (χ3v) is 17.2. The lowest BCUT2D eigenvalue weighted by Crippen LogP contribution is -2.43. The van der Waals surface area contributed by atoms with Crippen molar-refractivity contribution in [3.63, 3.8) is 0 Å². The maximum Gasteiger partial charge on any atom is 0.494 e. The van der Waals surface area contributed by atoms with Crippen LogP contribution >= 0.6 is 15.9 Å². The minimum absolute atomic E-state index is 0.138. The first-order valence-corrected chi connectivity index (χ1v) is 25.4. The van der Waals surface area contributed by atoms with Crippen molar-refractivity contribution < 1.29 is 37.5 Å². The van der Waals surface area contributed by atoms with Gasteiger partial charge in [0.05, 0.1) is 45.7 Å². The molecule has 4 aromatic carbocycles. The summed E-state index contributed by atoms with van der Waals surface area (Å²) in [6.45, 7) is 24.5. The number of fused-ring (bicyclic) bond motifs is 8. The van der Waals surface area contributed by atoms with Crippen molar-refractivity contribution in [3.8, 4) is 0 Å². The van der Waals surface area contributed by atoms with E-state index in [0.29, 0.717) is 12.1 Å². The molecule has 4 bridgehead atoms. The number of carbonyl (C=O) groups excluding carboxylic acids is 2. The van der Waals surface area contributed by atoms with E-state index in [2.05, 4.69) is 89.8 Å². The molecule has 7 aliphatic heterocycles. The number of amides is 2. The Kier molecular flexibility index (Phi) is 12.9. The van der Waals surface area contributed by atoms with E-state index in [1.807, 2.05) is 116 Å². The molecule has 7 aliphatic rings. The fourth-order valence-corrected chi connectivity index (χ4v) is 11.0. The lowest BCUT2D eigenvalue weighted by atomic mass is 9.49. The van der Waals surface area contributed by atoms with Crippen LogP contribution in [-0.4, -0.2) is 88.4 Å². The van der Waals surface area contributed by atoms with Gasteiger partial charge in [0.2, 0.25) is 0 Å². The summed E-state index contributed by atoms with van der Waals surface area (Å²) in [5.41, 5.74) is 5.80. The van der Waals surface area contributed by atoms with Gasteiger partial charge in [-0.3, -0.25) is 9.59 Å². The molecule has 0 aromatic heterocycles. The van der Waals surface area contributed by atoms with Gasteiger partial charge in [0.1, 0.15) is 0 Å². The average Bonchev–Trinajstić information content (AvgIpc) is 3.99. The van der Waals surface area contributed by atoms with Gasteiger partial charge in [0.25, 0.3) is 11.8 Å². The first-order chi connectivity index (χ1) is 31.9. The lowest BCUT2D eigenvalue weighted by molar-refractivity contribution is 0.00578. The van der Waals surface area contributed by atoms with Gasteiger partial charge in [0.15, 0.2) is 0 Å². The van der Waals surface area contributed by atoms with Crippen molar-refractivity contribution >= 4 is 54.3 Å². The van der Waals surface area contributed by atoms with Crippen LogP contribution in [0.2, 0.25) is 0 Å². The maximum atomic E-state index is 13.3. The first-order valence-electron chi connectivity index (χ1n) is 24.6. The summed E-state index contributed by atoms with van der Waals surface area (Å²) in [6, 6.07) is 33.4. The summed E-state index contributed by atoms with van der Waals surface area (Å²) >= 11 is 3.56. The monoisotopic (exact) mass is 984 g/mol. The zero-order chi connectivity index (χ0) is 48.8. The van der Waals surface area contributed by atoms with E-state index in [1.165, 1.54) is 22.3 Å². The second kappa shape index (κ2) is 17.8. The summed E-state index contributed by atoms with van der Waals surface area (Å²) in [4.78, 5) is 30.4. The molecule has 11 rings (SSSR count). The molecule has 4 atom stereocenters. The van der Waals surface area contributed by atoms with E-state index < -0.39 is 14.0 Å². The molecule has 2 amide bonds. The quantitative estimate of drug-likeness (QED) is 0.187. The van der Waals surface area contributed by atoms with Crippen LogP contribution < -0.4 is 5.46 Å². The van der Waals surface area contributed by atoms with E-state index in [-0.39, 0.29) is 64.6 Å². The molecular weight excluding hydrogens is 917 g/mol. The molecule has 0 N–H and O–H groups in total. The highest BCUT2D eigenvalue weighted by molar-refractivity contribution is 9.10. The molecule has 0 spiro atoms. The van der Waals surface area contributed by atoms with Crippen molar-refractivity contribution in [2.24, 2.45) is 0 Å². The molecule has 10 nitrogen and oxygen atoms in total. The summed E-state index contributed by atoms with van der Waals surface area (Å²) in [5, 5.41) is 0. The number of rotatable bonds is 4. The third-order valence-electron chi connectivity index (χ3n) is 16.7. The van der Waals surface area contributed by atoms with E-state index in [4.69, 9.17) is 27.9 Å². The van der Waals surface area contributed by atoms with Gasteiger partial charge in [-0.2, -0.15) is 0 Å². The smallest absolute Gasteiger partial charge is 0.405 e. The number of benzene rings is 4.